The topological polar surface area (TPSA) is 54.0 Å². The molecule has 0 aliphatic carbocycles. The minimum absolute atomic E-state index is 0.277. The highest BCUT2D eigenvalue weighted by atomic mass is 28.5. The summed E-state index contributed by atoms with van der Waals surface area (Å²) in [6.45, 7) is 19.6. The molecule has 0 radical (unpaired) electrons. The minimum atomic E-state index is -1.99. The summed E-state index contributed by atoms with van der Waals surface area (Å²) in [7, 11) is -4.76. The van der Waals surface area contributed by atoms with E-state index in [-0.39, 0.29) is 12.6 Å². The SMILES string of the molecule is C=C(C)C(=O)OCCOCCC[SiH](C)O[Si](C)(C)O[Si](C)(C)C. The highest BCUT2D eigenvalue weighted by Crippen LogP contribution is 2.17. The van der Waals surface area contributed by atoms with Crippen LogP contribution in [-0.2, 0) is 22.5 Å². The van der Waals surface area contributed by atoms with Gasteiger partial charge in [0, 0.05) is 12.2 Å². The molecule has 0 amide bonds. The Labute approximate surface area is 145 Å². The molecule has 23 heavy (non-hydrogen) atoms. The molecule has 0 saturated heterocycles. The molecule has 5 nitrogen and oxygen atoms in total. The number of ether oxygens (including phenoxy) is 2. The summed E-state index contributed by atoms with van der Waals surface area (Å²) >= 11 is 0. The molecule has 0 N–H and O–H groups in total. The van der Waals surface area contributed by atoms with E-state index in [4.69, 9.17) is 17.7 Å². The van der Waals surface area contributed by atoms with Gasteiger partial charge >= 0.3 is 14.5 Å². The Kier molecular flexibility index (Phi) is 10.5. The zero-order valence-corrected chi connectivity index (χ0v) is 19.0. The largest absolute Gasteiger partial charge is 0.460 e. The summed E-state index contributed by atoms with van der Waals surface area (Å²) < 4.78 is 22.9. The molecule has 0 rings (SSSR count). The zero-order chi connectivity index (χ0) is 18.1. The summed E-state index contributed by atoms with van der Waals surface area (Å²) in [6.07, 6.45) is 0.971. The van der Waals surface area contributed by atoms with Gasteiger partial charge in [0.05, 0.1) is 6.61 Å². The maximum absolute atomic E-state index is 11.2. The highest BCUT2D eigenvalue weighted by molar-refractivity contribution is 6.84. The Bertz CT molecular complexity index is 380. The second kappa shape index (κ2) is 10.6. The van der Waals surface area contributed by atoms with Gasteiger partial charge in [-0.1, -0.05) is 6.58 Å². The van der Waals surface area contributed by atoms with E-state index in [0.29, 0.717) is 18.8 Å². The van der Waals surface area contributed by atoms with Crippen LogP contribution in [0.1, 0.15) is 13.3 Å². The Morgan fingerprint density at radius 3 is 2.22 bits per heavy atom. The standard InChI is InChI=1S/C15H34O5Si3/c1-14(2)15(16)18-12-11-17-10-9-13-21(3)19-23(7,8)20-22(4,5)6/h21H,1,9-13H2,2-8H3. The van der Waals surface area contributed by atoms with E-state index >= 15 is 0 Å². The second-order valence-electron chi connectivity index (χ2n) is 7.21. The third-order valence-corrected chi connectivity index (χ3v) is 12.3. The van der Waals surface area contributed by atoms with Gasteiger partial charge in [-0.15, -0.1) is 0 Å². The fourth-order valence-electron chi connectivity index (χ4n) is 2.20. The minimum Gasteiger partial charge on any atom is -0.460 e. The fourth-order valence-corrected chi connectivity index (χ4v) is 13.8. The molecule has 0 aromatic heterocycles. The lowest BCUT2D eigenvalue weighted by molar-refractivity contribution is -0.140. The Morgan fingerprint density at radius 2 is 1.70 bits per heavy atom. The van der Waals surface area contributed by atoms with Gasteiger partial charge in [-0.3, -0.25) is 0 Å². The van der Waals surface area contributed by atoms with Crippen molar-refractivity contribution in [3.63, 3.8) is 0 Å². The monoisotopic (exact) mass is 378 g/mol. The van der Waals surface area contributed by atoms with Crippen molar-refractivity contribution in [1.29, 1.82) is 0 Å². The Morgan fingerprint density at radius 1 is 1.09 bits per heavy atom. The number of rotatable bonds is 12. The lowest BCUT2D eigenvalue weighted by Gasteiger charge is -2.33. The van der Waals surface area contributed by atoms with E-state index in [1.165, 1.54) is 0 Å². The van der Waals surface area contributed by atoms with Crippen molar-refractivity contribution in [3.8, 4) is 0 Å². The molecule has 0 aromatic rings. The fraction of sp³-hybridized carbons (Fsp3) is 0.800. The van der Waals surface area contributed by atoms with Gasteiger partial charge in [0.2, 0.25) is 0 Å². The van der Waals surface area contributed by atoms with Crippen molar-refractivity contribution in [1.82, 2.24) is 0 Å². The second-order valence-corrected chi connectivity index (χ2v) is 18.2. The molecule has 1 atom stereocenters. The zero-order valence-electron chi connectivity index (χ0n) is 15.9. The maximum Gasteiger partial charge on any atom is 0.333 e. The van der Waals surface area contributed by atoms with E-state index in [1.54, 1.807) is 6.92 Å². The third-order valence-electron chi connectivity index (χ3n) is 2.75. The van der Waals surface area contributed by atoms with Gasteiger partial charge in [-0.25, -0.2) is 4.79 Å². The molecule has 0 fully saturated rings. The van der Waals surface area contributed by atoms with Crippen molar-refractivity contribution in [2.75, 3.05) is 19.8 Å². The molecular formula is C15H34O5Si3. The molecule has 0 aliphatic heterocycles. The van der Waals surface area contributed by atoms with E-state index in [2.05, 4.69) is 45.9 Å². The van der Waals surface area contributed by atoms with Crippen LogP contribution in [0.3, 0.4) is 0 Å². The first-order valence-electron chi connectivity index (χ1n) is 8.21. The molecule has 1 unspecified atom stereocenters. The van der Waals surface area contributed by atoms with Crippen molar-refractivity contribution in [2.45, 2.75) is 58.7 Å². The van der Waals surface area contributed by atoms with E-state index in [1.807, 2.05) is 0 Å². The average Bonchev–Trinajstić information content (AvgIpc) is 2.33. The lowest BCUT2D eigenvalue weighted by Crippen LogP contribution is -2.47. The molecule has 0 aromatic carbocycles. The van der Waals surface area contributed by atoms with Gasteiger partial charge in [0.25, 0.3) is 0 Å². The van der Waals surface area contributed by atoms with Crippen LogP contribution in [0.5, 0.6) is 0 Å². The van der Waals surface area contributed by atoms with Crippen molar-refractivity contribution >= 4 is 31.9 Å². The molecule has 136 valence electrons. The van der Waals surface area contributed by atoms with Crippen molar-refractivity contribution in [2.24, 2.45) is 0 Å². The summed E-state index contributed by atoms with van der Waals surface area (Å²) in [6, 6.07) is 1.07. The molecule has 8 heteroatoms. The van der Waals surface area contributed by atoms with Crippen molar-refractivity contribution in [3.05, 3.63) is 12.2 Å². The first-order chi connectivity index (χ1) is 10.4. The Balaban J connectivity index is 3.73. The van der Waals surface area contributed by atoms with Crippen LogP contribution < -0.4 is 0 Å². The molecule has 0 saturated carbocycles. The van der Waals surface area contributed by atoms with Gasteiger partial charge in [-0.05, 0) is 58.7 Å². The van der Waals surface area contributed by atoms with Crippen molar-refractivity contribution < 1.29 is 22.5 Å². The predicted octanol–water partition coefficient (Wildman–Crippen LogP) is 3.44. The van der Waals surface area contributed by atoms with Gasteiger partial charge in [0.15, 0.2) is 17.4 Å². The predicted molar refractivity (Wildman–Crippen MR) is 102 cm³/mol. The smallest absolute Gasteiger partial charge is 0.333 e. The van der Waals surface area contributed by atoms with Gasteiger partial charge in [-0.2, -0.15) is 0 Å². The molecule has 0 bridgehead atoms. The van der Waals surface area contributed by atoms with Crippen LogP contribution in [0.2, 0.25) is 45.3 Å². The van der Waals surface area contributed by atoms with Gasteiger partial charge in [0.1, 0.15) is 6.61 Å². The van der Waals surface area contributed by atoms with E-state index in [9.17, 15) is 4.79 Å². The maximum atomic E-state index is 11.2. The first-order valence-corrected chi connectivity index (χ1v) is 16.9. The summed E-state index contributed by atoms with van der Waals surface area (Å²) in [5, 5.41) is 0. The lowest BCUT2D eigenvalue weighted by atomic mass is 10.4. The normalized spacial score (nSPS) is 13.7. The number of hydrogen-bond acceptors (Lipinski definition) is 5. The number of carbonyl (C=O) groups excluding carboxylic acids is 1. The summed E-state index contributed by atoms with van der Waals surface area (Å²) in [4.78, 5) is 11.2. The quantitative estimate of drug-likeness (QED) is 0.225. The molecule has 0 heterocycles. The Hall–Kier alpha value is -0.259. The molecule has 0 spiro atoms. The molecule has 0 aliphatic rings. The first kappa shape index (κ1) is 22.7. The summed E-state index contributed by atoms with van der Waals surface area (Å²) in [5.74, 6) is -0.363. The van der Waals surface area contributed by atoms with Crippen LogP contribution >= 0.6 is 0 Å². The van der Waals surface area contributed by atoms with Crippen LogP contribution in [0.25, 0.3) is 0 Å². The van der Waals surface area contributed by atoms with Crippen LogP contribution in [0, 0.1) is 0 Å². The number of esters is 1. The third kappa shape index (κ3) is 13.8. The number of hydrogen-bond donors (Lipinski definition) is 0. The van der Waals surface area contributed by atoms with E-state index in [0.717, 1.165) is 12.5 Å². The van der Waals surface area contributed by atoms with Crippen LogP contribution in [0.15, 0.2) is 12.2 Å². The van der Waals surface area contributed by atoms with Crippen LogP contribution in [0.4, 0.5) is 0 Å². The van der Waals surface area contributed by atoms with E-state index < -0.39 is 25.9 Å². The summed E-state index contributed by atoms with van der Waals surface area (Å²) in [5.41, 5.74) is 0.411. The average molecular weight is 379 g/mol. The van der Waals surface area contributed by atoms with Crippen LogP contribution in [-0.4, -0.2) is 51.7 Å². The highest BCUT2D eigenvalue weighted by Gasteiger charge is 2.32. The van der Waals surface area contributed by atoms with Gasteiger partial charge < -0.3 is 17.7 Å². The number of carbonyl (C=O) groups is 1. The molecular weight excluding hydrogens is 344 g/mol.